The highest BCUT2D eigenvalue weighted by atomic mass is 16.7. The third kappa shape index (κ3) is 2.91. The lowest BCUT2D eigenvalue weighted by Gasteiger charge is -2.37. The van der Waals surface area contributed by atoms with Gasteiger partial charge in [-0.1, -0.05) is 30.3 Å². The van der Waals surface area contributed by atoms with Crippen molar-refractivity contribution >= 4 is 0 Å². The SMILES string of the molecule is OC1CCN(Cc2ccccc2)C(C2=COCO2)C1. The van der Waals surface area contributed by atoms with E-state index in [4.69, 9.17) is 9.47 Å². The van der Waals surface area contributed by atoms with Crippen LogP contribution in [-0.4, -0.2) is 35.5 Å². The van der Waals surface area contributed by atoms with Gasteiger partial charge in [-0.25, -0.2) is 0 Å². The van der Waals surface area contributed by atoms with Gasteiger partial charge in [0.05, 0.1) is 12.1 Å². The molecular weight excluding hydrogens is 242 g/mol. The molecule has 0 saturated carbocycles. The molecule has 0 radical (unpaired) electrons. The van der Waals surface area contributed by atoms with Crippen LogP contribution in [0.2, 0.25) is 0 Å². The fourth-order valence-corrected chi connectivity index (χ4v) is 2.73. The van der Waals surface area contributed by atoms with Crippen LogP contribution in [-0.2, 0) is 16.0 Å². The predicted molar refractivity (Wildman–Crippen MR) is 71.0 cm³/mol. The Hall–Kier alpha value is -1.52. The quantitative estimate of drug-likeness (QED) is 0.901. The maximum Gasteiger partial charge on any atom is 0.229 e. The Morgan fingerprint density at radius 2 is 2.11 bits per heavy atom. The number of benzene rings is 1. The number of hydrogen-bond acceptors (Lipinski definition) is 4. The van der Waals surface area contributed by atoms with E-state index in [1.165, 1.54) is 5.56 Å². The Bertz CT molecular complexity index is 446. The van der Waals surface area contributed by atoms with Gasteiger partial charge in [0.1, 0.15) is 6.26 Å². The minimum atomic E-state index is -0.248. The Balaban J connectivity index is 1.74. The number of hydrogen-bond donors (Lipinski definition) is 1. The number of piperidine rings is 1. The molecule has 1 aromatic rings. The molecule has 102 valence electrons. The molecule has 2 aliphatic rings. The van der Waals surface area contributed by atoms with Crippen LogP contribution in [0.5, 0.6) is 0 Å². The molecule has 0 bridgehead atoms. The van der Waals surface area contributed by atoms with Gasteiger partial charge in [-0.3, -0.25) is 4.90 Å². The second-order valence-corrected chi connectivity index (χ2v) is 5.10. The van der Waals surface area contributed by atoms with Crippen molar-refractivity contribution in [2.24, 2.45) is 0 Å². The second-order valence-electron chi connectivity index (χ2n) is 5.10. The first-order chi connectivity index (χ1) is 9.33. The van der Waals surface area contributed by atoms with Crippen molar-refractivity contribution in [1.29, 1.82) is 0 Å². The average Bonchev–Trinajstić information content (AvgIpc) is 2.96. The van der Waals surface area contributed by atoms with Gasteiger partial charge in [-0.15, -0.1) is 0 Å². The summed E-state index contributed by atoms with van der Waals surface area (Å²) in [4.78, 5) is 2.35. The molecule has 1 aromatic carbocycles. The molecule has 19 heavy (non-hydrogen) atoms. The fraction of sp³-hybridized carbons (Fsp3) is 0.467. The van der Waals surface area contributed by atoms with Crippen molar-refractivity contribution in [2.45, 2.75) is 31.5 Å². The van der Waals surface area contributed by atoms with E-state index in [-0.39, 0.29) is 12.1 Å². The van der Waals surface area contributed by atoms with Gasteiger partial charge in [0.25, 0.3) is 0 Å². The summed E-state index contributed by atoms with van der Waals surface area (Å²) >= 11 is 0. The second kappa shape index (κ2) is 5.63. The van der Waals surface area contributed by atoms with Gasteiger partial charge in [-0.2, -0.15) is 0 Å². The van der Waals surface area contributed by atoms with E-state index in [9.17, 15) is 5.11 Å². The highest BCUT2D eigenvalue weighted by Crippen LogP contribution is 2.27. The van der Waals surface area contributed by atoms with Crippen LogP contribution in [0.3, 0.4) is 0 Å². The van der Waals surface area contributed by atoms with Gasteiger partial charge in [-0.05, 0) is 18.4 Å². The molecule has 3 rings (SSSR count). The zero-order valence-corrected chi connectivity index (χ0v) is 10.9. The largest absolute Gasteiger partial charge is 0.462 e. The van der Waals surface area contributed by atoms with Crippen LogP contribution in [0.4, 0.5) is 0 Å². The molecule has 0 aliphatic carbocycles. The zero-order chi connectivity index (χ0) is 13.1. The van der Waals surface area contributed by atoms with Gasteiger partial charge in [0.15, 0.2) is 5.76 Å². The van der Waals surface area contributed by atoms with Crippen LogP contribution in [0.25, 0.3) is 0 Å². The smallest absolute Gasteiger partial charge is 0.229 e. The molecule has 1 N–H and O–H groups in total. The lowest BCUT2D eigenvalue weighted by atomic mass is 9.97. The molecule has 2 heterocycles. The molecule has 0 spiro atoms. The number of aliphatic hydroxyl groups is 1. The summed E-state index contributed by atoms with van der Waals surface area (Å²) in [5.41, 5.74) is 1.28. The van der Waals surface area contributed by atoms with Crippen LogP contribution in [0.1, 0.15) is 18.4 Å². The highest BCUT2D eigenvalue weighted by molar-refractivity contribution is 5.16. The number of likely N-dealkylation sites (tertiary alicyclic amines) is 1. The molecule has 2 unspecified atom stereocenters. The van der Waals surface area contributed by atoms with Gasteiger partial charge in [0.2, 0.25) is 6.79 Å². The molecule has 0 amide bonds. The van der Waals surface area contributed by atoms with Gasteiger partial charge >= 0.3 is 0 Å². The molecule has 4 heteroatoms. The van der Waals surface area contributed by atoms with E-state index >= 15 is 0 Å². The standard InChI is InChI=1S/C15H19NO3/c17-13-6-7-16(9-12-4-2-1-3-5-12)14(8-13)15-10-18-11-19-15/h1-5,10,13-14,17H,6-9,11H2. The molecule has 2 aliphatic heterocycles. The summed E-state index contributed by atoms with van der Waals surface area (Å²) in [7, 11) is 0. The summed E-state index contributed by atoms with van der Waals surface area (Å²) in [5.74, 6) is 0.842. The molecule has 4 nitrogen and oxygen atoms in total. The Labute approximate surface area is 113 Å². The minimum Gasteiger partial charge on any atom is -0.462 e. The fourth-order valence-electron chi connectivity index (χ4n) is 2.73. The Morgan fingerprint density at radius 3 is 2.84 bits per heavy atom. The third-order valence-electron chi connectivity index (χ3n) is 3.74. The Kier molecular flexibility index (Phi) is 3.71. The lowest BCUT2D eigenvalue weighted by molar-refractivity contribution is 0.0135. The molecule has 2 atom stereocenters. The number of rotatable bonds is 3. The van der Waals surface area contributed by atoms with Crippen molar-refractivity contribution in [1.82, 2.24) is 4.90 Å². The average molecular weight is 261 g/mol. The van der Waals surface area contributed by atoms with Gasteiger partial charge < -0.3 is 14.6 Å². The van der Waals surface area contributed by atoms with Gasteiger partial charge in [0, 0.05) is 13.1 Å². The van der Waals surface area contributed by atoms with Crippen molar-refractivity contribution in [2.75, 3.05) is 13.3 Å². The van der Waals surface area contributed by atoms with E-state index in [1.807, 2.05) is 6.07 Å². The molecule has 1 saturated heterocycles. The van der Waals surface area contributed by atoms with Crippen LogP contribution in [0, 0.1) is 0 Å². The van der Waals surface area contributed by atoms with E-state index < -0.39 is 0 Å². The summed E-state index contributed by atoms with van der Waals surface area (Å²) in [5, 5.41) is 9.87. The summed E-state index contributed by atoms with van der Waals surface area (Å²) in [6.45, 7) is 2.04. The topological polar surface area (TPSA) is 41.9 Å². The predicted octanol–water partition coefficient (Wildman–Crippen LogP) is 1.86. The lowest BCUT2D eigenvalue weighted by Crippen LogP contribution is -2.44. The minimum absolute atomic E-state index is 0.117. The van der Waals surface area contributed by atoms with Crippen LogP contribution < -0.4 is 0 Å². The van der Waals surface area contributed by atoms with Crippen LogP contribution >= 0.6 is 0 Å². The van der Waals surface area contributed by atoms with E-state index in [2.05, 4.69) is 29.2 Å². The molecule has 1 fully saturated rings. The molecule has 0 aromatic heterocycles. The highest BCUT2D eigenvalue weighted by Gasteiger charge is 2.32. The van der Waals surface area contributed by atoms with Crippen molar-refractivity contribution in [3.8, 4) is 0 Å². The van der Waals surface area contributed by atoms with E-state index in [0.717, 1.165) is 25.3 Å². The Morgan fingerprint density at radius 1 is 1.26 bits per heavy atom. The van der Waals surface area contributed by atoms with Crippen LogP contribution in [0.15, 0.2) is 42.4 Å². The number of ether oxygens (including phenoxy) is 2. The summed E-state index contributed by atoms with van der Waals surface area (Å²) < 4.78 is 10.6. The zero-order valence-electron chi connectivity index (χ0n) is 10.9. The molecular formula is C15H19NO3. The number of aliphatic hydroxyl groups excluding tert-OH is 1. The normalized spacial score (nSPS) is 27.5. The van der Waals surface area contributed by atoms with E-state index in [0.29, 0.717) is 13.2 Å². The first-order valence-corrected chi connectivity index (χ1v) is 6.73. The first kappa shape index (κ1) is 12.5. The maximum atomic E-state index is 9.87. The summed E-state index contributed by atoms with van der Waals surface area (Å²) in [6.07, 6.45) is 2.96. The van der Waals surface area contributed by atoms with E-state index in [1.54, 1.807) is 6.26 Å². The first-order valence-electron chi connectivity index (χ1n) is 6.73. The van der Waals surface area contributed by atoms with Crippen molar-refractivity contribution in [3.05, 3.63) is 47.9 Å². The maximum absolute atomic E-state index is 9.87. The van der Waals surface area contributed by atoms with Crippen molar-refractivity contribution in [3.63, 3.8) is 0 Å². The monoisotopic (exact) mass is 261 g/mol. The number of nitrogens with zero attached hydrogens (tertiary/aromatic N) is 1. The van der Waals surface area contributed by atoms with Crippen molar-refractivity contribution < 1.29 is 14.6 Å². The third-order valence-corrected chi connectivity index (χ3v) is 3.74. The summed E-state index contributed by atoms with van der Waals surface area (Å²) in [6, 6.07) is 10.5.